The molecule has 1 aromatic heterocycles. The molecule has 1 atom stereocenters. The first-order valence-corrected chi connectivity index (χ1v) is 8.88. The Kier molecular flexibility index (Phi) is 6.46. The SMILES string of the molecule is COc1ccccc1[C@@H](C)NC(=O)COc1ccc(Oc2ccncc2)cc1. The van der Waals surface area contributed by atoms with E-state index in [2.05, 4.69) is 10.3 Å². The first-order chi connectivity index (χ1) is 13.7. The molecule has 0 saturated heterocycles. The minimum absolute atomic E-state index is 0.0793. The van der Waals surface area contributed by atoms with Crippen molar-refractivity contribution in [3.63, 3.8) is 0 Å². The fraction of sp³-hybridized carbons (Fsp3) is 0.182. The molecule has 2 aromatic carbocycles. The summed E-state index contributed by atoms with van der Waals surface area (Å²) in [5.41, 5.74) is 0.913. The van der Waals surface area contributed by atoms with Crippen LogP contribution in [-0.4, -0.2) is 24.6 Å². The third kappa shape index (κ3) is 5.23. The van der Waals surface area contributed by atoms with Gasteiger partial charge in [-0.15, -0.1) is 0 Å². The summed E-state index contributed by atoms with van der Waals surface area (Å²) in [4.78, 5) is 16.1. The molecule has 6 heteroatoms. The number of rotatable bonds is 8. The van der Waals surface area contributed by atoms with Crippen LogP contribution in [0.2, 0.25) is 0 Å². The molecule has 0 radical (unpaired) electrons. The van der Waals surface area contributed by atoms with Crippen molar-refractivity contribution >= 4 is 5.91 Å². The van der Waals surface area contributed by atoms with Crippen molar-refractivity contribution in [1.29, 1.82) is 0 Å². The van der Waals surface area contributed by atoms with Gasteiger partial charge in [-0.05, 0) is 49.4 Å². The molecule has 0 spiro atoms. The average molecular weight is 378 g/mol. The summed E-state index contributed by atoms with van der Waals surface area (Å²) < 4.78 is 16.6. The molecule has 3 rings (SSSR count). The summed E-state index contributed by atoms with van der Waals surface area (Å²) in [7, 11) is 1.61. The van der Waals surface area contributed by atoms with Crippen LogP contribution in [0.1, 0.15) is 18.5 Å². The van der Waals surface area contributed by atoms with Crippen LogP contribution >= 0.6 is 0 Å². The van der Waals surface area contributed by atoms with E-state index in [1.165, 1.54) is 0 Å². The lowest BCUT2D eigenvalue weighted by molar-refractivity contribution is -0.123. The molecule has 0 bridgehead atoms. The van der Waals surface area contributed by atoms with Crippen molar-refractivity contribution in [2.75, 3.05) is 13.7 Å². The van der Waals surface area contributed by atoms with Crippen molar-refractivity contribution in [3.05, 3.63) is 78.6 Å². The van der Waals surface area contributed by atoms with Crippen LogP contribution in [0.15, 0.2) is 73.1 Å². The molecule has 6 nitrogen and oxygen atoms in total. The van der Waals surface area contributed by atoms with Crippen LogP contribution in [-0.2, 0) is 4.79 Å². The summed E-state index contributed by atoms with van der Waals surface area (Å²) in [5.74, 6) is 2.49. The van der Waals surface area contributed by atoms with Gasteiger partial charge in [-0.1, -0.05) is 18.2 Å². The van der Waals surface area contributed by atoms with Gasteiger partial charge in [-0.3, -0.25) is 9.78 Å². The lowest BCUT2D eigenvalue weighted by Crippen LogP contribution is -2.31. The summed E-state index contributed by atoms with van der Waals surface area (Å²) in [6, 6.07) is 18.0. The number of methoxy groups -OCH3 is 1. The van der Waals surface area contributed by atoms with Crippen LogP contribution in [0.4, 0.5) is 0 Å². The first-order valence-electron chi connectivity index (χ1n) is 8.88. The van der Waals surface area contributed by atoms with Crippen LogP contribution in [0.25, 0.3) is 0 Å². The number of carbonyl (C=O) groups excluding carboxylic acids is 1. The maximum absolute atomic E-state index is 12.2. The Labute approximate surface area is 164 Å². The Morgan fingerprint density at radius 2 is 1.61 bits per heavy atom. The molecule has 0 unspecified atom stereocenters. The zero-order chi connectivity index (χ0) is 19.8. The van der Waals surface area contributed by atoms with Crippen molar-refractivity contribution in [2.45, 2.75) is 13.0 Å². The lowest BCUT2D eigenvalue weighted by atomic mass is 10.1. The van der Waals surface area contributed by atoms with E-state index in [0.29, 0.717) is 17.2 Å². The Hall–Kier alpha value is -3.54. The number of hydrogen-bond acceptors (Lipinski definition) is 5. The second-order valence-corrected chi connectivity index (χ2v) is 6.08. The van der Waals surface area contributed by atoms with Gasteiger partial charge in [-0.25, -0.2) is 0 Å². The normalized spacial score (nSPS) is 11.4. The van der Waals surface area contributed by atoms with Crippen LogP contribution in [0.3, 0.4) is 0 Å². The third-order valence-electron chi connectivity index (χ3n) is 4.06. The maximum Gasteiger partial charge on any atom is 0.258 e. The highest BCUT2D eigenvalue weighted by Crippen LogP contribution is 2.25. The van der Waals surface area contributed by atoms with Gasteiger partial charge >= 0.3 is 0 Å². The molecule has 1 amide bonds. The fourth-order valence-electron chi connectivity index (χ4n) is 2.68. The molecule has 0 fully saturated rings. The summed E-state index contributed by atoms with van der Waals surface area (Å²) >= 11 is 0. The van der Waals surface area contributed by atoms with Gasteiger partial charge in [0.05, 0.1) is 13.2 Å². The molecule has 1 heterocycles. The third-order valence-corrected chi connectivity index (χ3v) is 4.06. The molecule has 0 aliphatic rings. The molecular formula is C22H22N2O4. The number of pyridine rings is 1. The number of aromatic nitrogens is 1. The first kappa shape index (κ1) is 19.2. The van der Waals surface area contributed by atoms with Gasteiger partial charge in [0, 0.05) is 18.0 Å². The minimum Gasteiger partial charge on any atom is -0.496 e. The predicted octanol–water partition coefficient (Wildman–Crippen LogP) is 4.14. The predicted molar refractivity (Wildman–Crippen MR) is 106 cm³/mol. The summed E-state index contributed by atoms with van der Waals surface area (Å²) in [6.07, 6.45) is 3.33. The smallest absolute Gasteiger partial charge is 0.258 e. The van der Waals surface area contributed by atoms with Gasteiger partial charge in [-0.2, -0.15) is 0 Å². The zero-order valence-corrected chi connectivity index (χ0v) is 15.8. The van der Waals surface area contributed by atoms with Crippen molar-refractivity contribution in [2.24, 2.45) is 0 Å². The van der Waals surface area contributed by atoms with E-state index in [4.69, 9.17) is 14.2 Å². The maximum atomic E-state index is 12.2. The molecule has 0 aliphatic heterocycles. The topological polar surface area (TPSA) is 69.7 Å². The van der Waals surface area contributed by atoms with Gasteiger partial charge in [0.1, 0.15) is 23.0 Å². The summed E-state index contributed by atoms with van der Waals surface area (Å²) in [6.45, 7) is 1.82. The van der Waals surface area contributed by atoms with Gasteiger partial charge in [0.15, 0.2) is 6.61 Å². The monoisotopic (exact) mass is 378 g/mol. The number of benzene rings is 2. The second-order valence-electron chi connectivity index (χ2n) is 6.08. The number of nitrogens with zero attached hydrogens (tertiary/aromatic N) is 1. The number of hydrogen-bond donors (Lipinski definition) is 1. The Bertz CT molecular complexity index is 898. The summed E-state index contributed by atoms with van der Waals surface area (Å²) in [5, 5.41) is 2.91. The van der Waals surface area contributed by atoms with E-state index in [1.807, 2.05) is 31.2 Å². The highest BCUT2D eigenvalue weighted by molar-refractivity contribution is 5.78. The van der Waals surface area contributed by atoms with Crippen molar-refractivity contribution in [3.8, 4) is 23.0 Å². The van der Waals surface area contributed by atoms with E-state index >= 15 is 0 Å². The molecule has 0 saturated carbocycles. The van der Waals surface area contributed by atoms with Crippen LogP contribution < -0.4 is 19.5 Å². The van der Waals surface area contributed by atoms with Gasteiger partial charge < -0.3 is 19.5 Å². The van der Waals surface area contributed by atoms with Crippen LogP contribution in [0, 0.1) is 0 Å². The number of para-hydroxylation sites is 1. The van der Waals surface area contributed by atoms with Crippen molar-refractivity contribution in [1.82, 2.24) is 10.3 Å². The highest BCUT2D eigenvalue weighted by Gasteiger charge is 2.14. The Balaban J connectivity index is 1.50. The van der Waals surface area contributed by atoms with Gasteiger partial charge in [0.25, 0.3) is 5.91 Å². The number of ether oxygens (including phenoxy) is 3. The van der Waals surface area contributed by atoms with E-state index in [-0.39, 0.29) is 18.6 Å². The fourth-order valence-corrected chi connectivity index (χ4v) is 2.68. The minimum atomic E-state index is -0.212. The van der Waals surface area contributed by atoms with Crippen LogP contribution in [0.5, 0.6) is 23.0 Å². The average Bonchev–Trinajstić information content (AvgIpc) is 2.74. The van der Waals surface area contributed by atoms with Gasteiger partial charge in [0.2, 0.25) is 0 Å². The zero-order valence-electron chi connectivity index (χ0n) is 15.8. The molecule has 28 heavy (non-hydrogen) atoms. The molecular weight excluding hydrogens is 356 g/mol. The number of nitrogens with one attached hydrogen (secondary N) is 1. The quantitative estimate of drug-likeness (QED) is 0.638. The molecule has 3 aromatic rings. The second kappa shape index (κ2) is 9.41. The molecule has 1 N–H and O–H groups in total. The van der Waals surface area contributed by atoms with E-state index in [0.717, 1.165) is 11.3 Å². The Morgan fingerprint density at radius 1 is 0.964 bits per heavy atom. The van der Waals surface area contributed by atoms with E-state index < -0.39 is 0 Å². The standard InChI is InChI=1S/C22H22N2O4/c1-16(20-5-3-4-6-21(20)26-2)24-22(25)15-27-17-7-9-18(10-8-17)28-19-11-13-23-14-12-19/h3-14,16H,15H2,1-2H3,(H,24,25)/t16-/m1/s1. The molecule has 0 aliphatic carbocycles. The number of carbonyl (C=O) groups is 1. The van der Waals surface area contributed by atoms with E-state index in [1.54, 1.807) is 55.9 Å². The largest absolute Gasteiger partial charge is 0.496 e. The van der Waals surface area contributed by atoms with E-state index in [9.17, 15) is 4.79 Å². The Morgan fingerprint density at radius 3 is 2.32 bits per heavy atom. The lowest BCUT2D eigenvalue weighted by Gasteiger charge is -2.17. The number of amides is 1. The molecule has 144 valence electrons. The highest BCUT2D eigenvalue weighted by atomic mass is 16.5. The van der Waals surface area contributed by atoms with Crippen molar-refractivity contribution < 1.29 is 19.0 Å².